The van der Waals surface area contributed by atoms with Crippen LogP contribution in [0.15, 0.2) is 0 Å². The number of aliphatic carboxylic acids is 1. The normalized spacial score (nSPS) is 9.47. The van der Waals surface area contributed by atoms with Crippen molar-refractivity contribution in [3.8, 4) is 12.3 Å². The Bertz CT molecular complexity index is 268. The predicted octanol–water partition coefficient (Wildman–Crippen LogP) is 0.372. The molecule has 0 radical (unpaired) electrons. The van der Waals surface area contributed by atoms with Crippen molar-refractivity contribution in [1.82, 2.24) is 10.2 Å². The first-order valence-electron chi connectivity index (χ1n) is 4.65. The summed E-state index contributed by atoms with van der Waals surface area (Å²) in [5, 5.41) is 11.1. The molecule has 0 fully saturated rings. The maximum atomic E-state index is 11.4. The number of amides is 2. The minimum absolute atomic E-state index is 0.00374. The van der Waals surface area contributed by atoms with E-state index in [0.29, 0.717) is 12.5 Å². The van der Waals surface area contributed by atoms with E-state index in [-0.39, 0.29) is 13.1 Å². The van der Waals surface area contributed by atoms with Crippen LogP contribution in [0, 0.1) is 18.3 Å². The Labute approximate surface area is 89.4 Å². The van der Waals surface area contributed by atoms with E-state index in [0.717, 1.165) is 4.90 Å². The molecule has 15 heavy (non-hydrogen) atoms. The molecule has 2 amide bonds. The fraction of sp³-hybridized carbons (Fsp3) is 0.600. The second kappa shape index (κ2) is 6.71. The van der Waals surface area contributed by atoms with Gasteiger partial charge in [0.1, 0.15) is 6.54 Å². The Kier molecular flexibility index (Phi) is 5.95. The molecule has 0 aliphatic rings. The summed E-state index contributed by atoms with van der Waals surface area (Å²) in [5.41, 5.74) is 0. The number of carboxylic acid groups (broad SMARTS) is 1. The monoisotopic (exact) mass is 212 g/mol. The smallest absolute Gasteiger partial charge is 0.323 e. The highest BCUT2D eigenvalue weighted by Crippen LogP contribution is 1.92. The summed E-state index contributed by atoms with van der Waals surface area (Å²) >= 11 is 0. The van der Waals surface area contributed by atoms with Crippen molar-refractivity contribution in [1.29, 1.82) is 0 Å². The van der Waals surface area contributed by atoms with Gasteiger partial charge in [-0.2, -0.15) is 0 Å². The molecular formula is C10H16N2O3. The summed E-state index contributed by atoms with van der Waals surface area (Å²) in [5.74, 6) is 1.48. The van der Waals surface area contributed by atoms with Gasteiger partial charge in [0, 0.05) is 6.54 Å². The van der Waals surface area contributed by atoms with Crippen molar-refractivity contribution in [3.63, 3.8) is 0 Å². The van der Waals surface area contributed by atoms with Crippen LogP contribution in [0.2, 0.25) is 0 Å². The van der Waals surface area contributed by atoms with Crippen LogP contribution in [0.3, 0.4) is 0 Å². The molecule has 84 valence electrons. The second-order valence-corrected chi connectivity index (χ2v) is 3.53. The number of urea groups is 1. The Balaban J connectivity index is 4.17. The first-order chi connectivity index (χ1) is 6.97. The van der Waals surface area contributed by atoms with E-state index in [1.54, 1.807) is 0 Å². The van der Waals surface area contributed by atoms with Gasteiger partial charge < -0.3 is 15.3 Å². The zero-order valence-electron chi connectivity index (χ0n) is 8.99. The van der Waals surface area contributed by atoms with Gasteiger partial charge in [0.15, 0.2) is 0 Å². The van der Waals surface area contributed by atoms with Crippen LogP contribution in [0.4, 0.5) is 4.79 Å². The van der Waals surface area contributed by atoms with Crippen LogP contribution in [0.5, 0.6) is 0 Å². The van der Waals surface area contributed by atoms with Gasteiger partial charge in [0.2, 0.25) is 0 Å². The summed E-state index contributed by atoms with van der Waals surface area (Å²) < 4.78 is 0. The fourth-order valence-corrected chi connectivity index (χ4v) is 0.876. The Hall–Kier alpha value is -1.70. The molecule has 0 saturated heterocycles. The van der Waals surface area contributed by atoms with Crippen molar-refractivity contribution in [2.75, 3.05) is 19.6 Å². The number of carbonyl (C=O) groups is 2. The van der Waals surface area contributed by atoms with Gasteiger partial charge in [0.05, 0.1) is 6.54 Å². The van der Waals surface area contributed by atoms with E-state index in [2.05, 4.69) is 11.2 Å². The van der Waals surface area contributed by atoms with Crippen molar-refractivity contribution in [3.05, 3.63) is 0 Å². The third-order valence-electron chi connectivity index (χ3n) is 1.56. The zero-order chi connectivity index (χ0) is 11.8. The van der Waals surface area contributed by atoms with Crippen LogP contribution >= 0.6 is 0 Å². The molecule has 0 aromatic heterocycles. The Morgan fingerprint density at radius 3 is 2.53 bits per heavy atom. The average Bonchev–Trinajstić information content (AvgIpc) is 2.12. The summed E-state index contributed by atoms with van der Waals surface area (Å²) in [6.07, 6.45) is 5.03. The van der Waals surface area contributed by atoms with Gasteiger partial charge in [0.25, 0.3) is 0 Å². The third-order valence-corrected chi connectivity index (χ3v) is 1.56. The SMILES string of the molecule is C#CCN(CC(=O)O)C(=O)NCC(C)C. The maximum absolute atomic E-state index is 11.4. The molecule has 0 saturated carbocycles. The number of carboxylic acids is 1. The lowest BCUT2D eigenvalue weighted by molar-refractivity contribution is -0.137. The lowest BCUT2D eigenvalue weighted by atomic mass is 10.2. The van der Waals surface area contributed by atoms with Gasteiger partial charge in [-0.15, -0.1) is 6.42 Å². The maximum Gasteiger partial charge on any atom is 0.323 e. The van der Waals surface area contributed by atoms with Crippen LogP contribution < -0.4 is 5.32 Å². The predicted molar refractivity (Wildman–Crippen MR) is 56.3 cm³/mol. The number of rotatable bonds is 5. The third kappa shape index (κ3) is 6.38. The molecule has 0 heterocycles. The first kappa shape index (κ1) is 13.3. The molecule has 5 heteroatoms. The van der Waals surface area contributed by atoms with Crippen molar-refractivity contribution in [2.45, 2.75) is 13.8 Å². The topological polar surface area (TPSA) is 69.6 Å². The van der Waals surface area contributed by atoms with Gasteiger partial charge in [-0.05, 0) is 5.92 Å². The molecule has 0 rings (SSSR count). The van der Waals surface area contributed by atoms with Gasteiger partial charge in [-0.3, -0.25) is 4.79 Å². The quantitative estimate of drug-likeness (QED) is 0.647. The molecule has 0 aliphatic carbocycles. The lowest BCUT2D eigenvalue weighted by Crippen LogP contribution is -2.44. The molecule has 5 nitrogen and oxygen atoms in total. The van der Waals surface area contributed by atoms with Gasteiger partial charge >= 0.3 is 12.0 Å². The highest BCUT2D eigenvalue weighted by atomic mass is 16.4. The Morgan fingerprint density at radius 2 is 2.13 bits per heavy atom. The molecule has 0 aromatic rings. The lowest BCUT2D eigenvalue weighted by Gasteiger charge is -2.19. The van der Waals surface area contributed by atoms with Crippen LogP contribution in [0.25, 0.3) is 0 Å². The number of hydrogen-bond acceptors (Lipinski definition) is 2. The summed E-state index contributed by atoms with van der Waals surface area (Å²) in [6.45, 7) is 4.01. The molecule has 0 aromatic carbocycles. The van der Waals surface area contributed by atoms with E-state index >= 15 is 0 Å². The van der Waals surface area contributed by atoms with Crippen LogP contribution in [-0.2, 0) is 4.79 Å². The molecule has 0 atom stereocenters. The average molecular weight is 212 g/mol. The Morgan fingerprint density at radius 1 is 1.53 bits per heavy atom. The number of terminal acetylenes is 1. The second-order valence-electron chi connectivity index (χ2n) is 3.53. The number of carbonyl (C=O) groups excluding carboxylic acids is 1. The van der Waals surface area contributed by atoms with Gasteiger partial charge in [-0.1, -0.05) is 19.8 Å². The van der Waals surface area contributed by atoms with Crippen LogP contribution in [-0.4, -0.2) is 41.6 Å². The standard InChI is InChI=1S/C10H16N2O3/c1-4-5-12(7-9(13)14)10(15)11-6-8(2)3/h1,8H,5-7H2,2-3H3,(H,11,15)(H,13,14). The van der Waals surface area contributed by atoms with E-state index in [1.165, 1.54) is 0 Å². The summed E-state index contributed by atoms with van der Waals surface area (Å²) in [7, 11) is 0. The molecule has 0 unspecified atom stereocenters. The van der Waals surface area contributed by atoms with E-state index in [9.17, 15) is 9.59 Å². The number of nitrogens with one attached hydrogen (secondary N) is 1. The fourth-order valence-electron chi connectivity index (χ4n) is 0.876. The van der Waals surface area contributed by atoms with Crippen molar-refractivity contribution in [2.24, 2.45) is 5.92 Å². The van der Waals surface area contributed by atoms with E-state index < -0.39 is 12.0 Å². The minimum atomic E-state index is -1.08. The highest BCUT2D eigenvalue weighted by molar-refractivity contribution is 5.80. The van der Waals surface area contributed by atoms with E-state index in [1.807, 2.05) is 13.8 Å². The van der Waals surface area contributed by atoms with E-state index in [4.69, 9.17) is 11.5 Å². The van der Waals surface area contributed by atoms with Crippen molar-refractivity contribution < 1.29 is 14.7 Å². The molecule has 0 spiro atoms. The minimum Gasteiger partial charge on any atom is -0.480 e. The number of hydrogen-bond donors (Lipinski definition) is 2. The van der Waals surface area contributed by atoms with Crippen LogP contribution in [0.1, 0.15) is 13.8 Å². The first-order valence-corrected chi connectivity index (χ1v) is 4.65. The number of nitrogens with zero attached hydrogens (tertiary/aromatic N) is 1. The molecule has 0 bridgehead atoms. The zero-order valence-corrected chi connectivity index (χ0v) is 8.99. The largest absolute Gasteiger partial charge is 0.480 e. The molecule has 2 N–H and O–H groups in total. The van der Waals surface area contributed by atoms with Crippen molar-refractivity contribution >= 4 is 12.0 Å². The summed E-state index contributed by atoms with van der Waals surface area (Å²) in [6, 6.07) is -0.441. The summed E-state index contributed by atoms with van der Waals surface area (Å²) in [4.78, 5) is 22.9. The van der Waals surface area contributed by atoms with Gasteiger partial charge in [-0.25, -0.2) is 4.79 Å². The molecular weight excluding hydrogens is 196 g/mol. The molecule has 0 aliphatic heterocycles. The highest BCUT2D eigenvalue weighted by Gasteiger charge is 2.15.